The van der Waals surface area contributed by atoms with Crippen molar-refractivity contribution in [2.75, 3.05) is 20.1 Å². The molecule has 2 atom stereocenters. The topological polar surface area (TPSA) is 144 Å². The van der Waals surface area contributed by atoms with E-state index in [9.17, 15) is 24.3 Å². The number of hydrogen-bond acceptors (Lipinski definition) is 6. The molecule has 3 N–H and O–H groups in total. The summed E-state index contributed by atoms with van der Waals surface area (Å²) in [6, 6.07) is 14.4. The fraction of sp³-hybridized carbons (Fsp3) is 0.448. The van der Waals surface area contributed by atoms with E-state index in [1.807, 2.05) is 48.5 Å². The Morgan fingerprint density at radius 1 is 1.12 bits per heavy atom. The molecule has 4 amide bonds. The largest absolute Gasteiger partial charge is 0.465 e. The molecule has 0 bridgehead atoms. The highest BCUT2D eigenvalue weighted by Gasteiger charge is 2.54. The maximum atomic E-state index is 14.0. The maximum Gasteiger partial charge on any atom is 0.405 e. The van der Waals surface area contributed by atoms with Crippen LogP contribution in [-0.4, -0.2) is 81.2 Å². The van der Waals surface area contributed by atoms with E-state index in [-0.39, 0.29) is 18.4 Å². The minimum atomic E-state index is -1.45. The zero-order valence-electron chi connectivity index (χ0n) is 23.1. The number of amides is 4. The molecular weight excluding hydrogens is 512 g/mol. The lowest BCUT2D eigenvalue weighted by atomic mass is 9.73. The Bertz CT molecular complexity index is 1280. The van der Waals surface area contributed by atoms with Crippen LogP contribution in [0.25, 0.3) is 0 Å². The van der Waals surface area contributed by atoms with Crippen LogP contribution in [0, 0.1) is 5.41 Å². The molecule has 212 valence electrons. The number of benzene rings is 1. The average Bonchev–Trinajstić information content (AvgIpc) is 3.16. The van der Waals surface area contributed by atoms with Gasteiger partial charge in [0.1, 0.15) is 17.0 Å². The fourth-order valence-corrected chi connectivity index (χ4v) is 5.39. The van der Waals surface area contributed by atoms with Crippen molar-refractivity contribution in [3.8, 4) is 0 Å². The number of likely N-dealkylation sites (tertiary alicyclic amines) is 1. The molecule has 3 heterocycles. The van der Waals surface area contributed by atoms with E-state index in [0.29, 0.717) is 38.6 Å². The summed E-state index contributed by atoms with van der Waals surface area (Å²) >= 11 is 0. The van der Waals surface area contributed by atoms with E-state index in [2.05, 4.69) is 20.7 Å². The standard InChI is InChI=1S/C29H36N6O5/c1-28(2,32-27(39)40)25(37)31-22(14-9-13-21-12-7-8-16-30-21)24(36)35-17-15-23-29(19-35,26(38)34(3)33-23)18-20-10-5-4-6-11-20/h4-8,10-12,16,22,32H,9,13-15,17-19H2,1-3H3,(H,31,37)(H,39,40). The van der Waals surface area contributed by atoms with Crippen LogP contribution >= 0.6 is 0 Å². The number of hydrazone groups is 1. The summed E-state index contributed by atoms with van der Waals surface area (Å²) in [6.07, 6.45) is 2.71. The Hall–Kier alpha value is -4.28. The molecule has 2 unspecified atom stereocenters. The van der Waals surface area contributed by atoms with Crippen molar-refractivity contribution >= 4 is 29.5 Å². The van der Waals surface area contributed by atoms with Crippen LogP contribution < -0.4 is 10.6 Å². The van der Waals surface area contributed by atoms with Gasteiger partial charge in [0.25, 0.3) is 5.91 Å². The number of fused-ring (bicyclic) bond motifs is 1. The number of aryl methyl sites for hydroxylation is 1. The fourth-order valence-electron chi connectivity index (χ4n) is 5.39. The molecular formula is C29H36N6O5. The van der Waals surface area contributed by atoms with Crippen LogP contribution in [-0.2, 0) is 27.2 Å². The van der Waals surface area contributed by atoms with E-state index < -0.39 is 29.0 Å². The molecule has 0 aliphatic carbocycles. The van der Waals surface area contributed by atoms with Gasteiger partial charge in [0.2, 0.25) is 11.8 Å². The minimum Gasteiger partial charge on any atom is -0.465 e. The molecule has 2 aromatic rings. The summed E-state index contributed by atoms with van der Waals surface area (Å²) in [7, 11) is 1.63. The second-order valence-electron chi connectivity index (χ2n) is 10.9. The summed E-state index contributed by atoms with van der Waals surface area (Å²) in [5.41, 5.74) is 0.168. The molecule has 0 radical (unpaired) electrons. The van der Waals surface area contributed by atoms with Gasteiger partial charge in [-0.1, -0.05) is 36.4 Å². The van der Waals surface area contributed by atoms with E-state index in [1.54, 1.807) is 18.1 Å². The Labute approximate surface area is 233 Å². The third-order valence-electron chi connectivity index (χ3n) is 7.51. The summed E-state index contributed by atoms with van der Waals surface area (Å²) in [6.45, 7) is 3.39. The molecule has 2 aliphatic rings. The van der Waals surface area contributed by atoms with Crippen molar-refractivity contribution in [1.82, 2.24) is 25.5 Å². The zero-order chi connectivity index (χ0) is 28.9. The smallest absolute Gasteiger partial charge is 0.405 e. The molecule has 1 fully saturated rings. The van der Waals surface area contributed by atoms with Crippen LogP contribution in [0.5, 0.6) is 0 Å². The van der Waals surface area contributed by atoms with Crippen LogP contribution in [0.15, 0.2) is 59.8 Å². The lowest BCUT2D eigenvalue weighted by Crippen LogP contribution is -2.61. The number of aromatic nitrogens is 1. The van der Waals surface area contributed by atoms with Crippen molar-refractivity contribution in [1.29, 1.82) is 0 Å². The van der Waals surface area contributed by atoms with Crippen molar-refractivity contribution in [3.05, 3.63) is 66.0 Å². The molecule has 11 heteroatoms. The SMILES string of the molecule is CN1N=C2CCN(C(=O)C(CCCc3ccccn3)NC(=O)C(C)(C)NC(=O)O)CC2(Cc2ccccc2)C1=O. The number of nitrogens with zero attached hydrogens (tertiary/aromatic N) is 4. The van der Waals surface area contributed by atoms with Gasteiger partial charge in [0.15, 0.2) is 0 Å². The summed E-state index contributed by atoms with van der Waals surface area (Å²) < 4.78 is 0. The second kappa shape index (κ2) is 11.8. The number of rotatable bonds is 10. The van der Waals surface area contributed by atoms with E-state index in [4.69, 9.17) is 0 Å². The number of pyridine rings is 1. The number of carbonyl (C=O) groups is 4. The van der Waals surface area contributed by atoms with Crippen molar-refractivity contribution in [2.45, 2.75) is 57.5 Å². The number of piperidine rings is 1. The van der Waals surface area contributed by atoms with Gasteiger partial charge in [-0.15, -0.1) is 0 Å². The number of carbonyl (C=O) groups excluding carboxylic acids is 3. The molecule has 1 saturated heterocycles. The van der Waals surface area contributed by atoms with E-state index in [0.717, 1.165) is 17.0 Å². The van der Waals surface area contributed by atoms with Crippen molar-refractivity contribution in [3.63, 3.8) is 0 Å². The van der Waals surface area contributed by atoms with E-state index >= 15 is 0 Å². The Morgan fingerprint density at radius 3 is 2.52 bits per heavy atom. The summed E-state index contributed by atoms with van der Waals surface area (Å²) in [4.78, 5) is 57.8. The molecule has 1 aromatic carbocycles. The first kappa shape index (κ1) is 28.7. The first-order chi connectivity index (χ1) is 19.0. The van der Waals surface area contributed by atoms with Gasteiger partial charge in [0, 0.05) is 38.4 Å². The van der Waals surface area contributed by atoms with Gasteiger partial charge >= 0.3 is 6.09 Å². The van der Waals surface area contributed by atoms with Crippen molar-refractivity contribution in [2.24, 2.45) is 10.5 Å². The predicted octanol–water partition coefficient (Wildman–Crippen LogP) is 2.22. The number of carboxylic acid groups (broad SMARTS) is 1. The monoisotopic (exact) mass is 548 g/mol. The zero-order valence-corrected chi connectivity index (χ0v) is 23.1. The number of hydrogen-bond donors (Lipinski definition) is 3. The summed E-state index contributed by atoms with van der Waals surface area (Å²) in [5, 5.41) is 20.0. The highest BCUT2D eigenvalue weighted by Crippen LogP contribution is 2.38. The Balaban J connectivity index is 1.56. The van der Waals surface area contributed by atoms with Gasteiger partial charge in [-0.25, -0.2) is 9.80 Å². The van der Waals surface area contributed by atoms with Crippen molar-refractivity contribution < 1.29 is 24.3 Å². The van der Waals surface area contributed by atoms with Crippen LogP contribution in [0.2, 0.25) is 0 Å². The lowest BCUT2D eigenvalue weighted by molar-refractivity contribution is -0.142. The Morgan fingerprint density at radius 2 is 1.85 bits per heavy atom. The molecule has 1 aromatic heterocycles. The molecule has 0 spiro atoms. The second-order valence-corrected chi connectivity index (χ2v) is 10.9. The quantitative estimate of drug-likeness (QED) is 0.415. The molecule has 2 aliphatic heterocycles. The van der Waals surface area contributed by atoms with Gasteiger partial charge in [-0.2, -0.15) is 5.10 Å². The molecule has 0 saturated carbocycles. The van der Waals surface area contributed by atoms with Gasteiger partial charge in [0.05, 0.1) is 5.71 Å². The minimum absolute atomic E-state index is 0.145. The first-order valence-corrected chi connectivity index (χ1v) is 13.4. The third-order valence-corrected chi connectivity index (χ3v) is 7.51. The summed E-state index contributed by atoms with van der Waals surface area (Å²) in [5.74, 6) is -1.08. The van der Waals surface area contributed by atoms with Crippen LogP contribution in [0.1, 0.15) is 44.4 Å². The lowest BCUT2D eigenvalue weighted by Gasteiger charge is -2.41. The molecule has 4 rings (SSSR count). The van der Waals surface area contributed by atoms with Gasteiger partial charge in [-0.05, 0) is 57.2 Å². The third kappa shape index (κ3) is 6.30. The molecule has 11 nitrogen and oxygen atoms in total. The Kier molecular flexibility index (Phi) is 8.51. The molecule has 40 heavy (non-hydrogen) atoms. The van der Waals surface area contributed by atoms with Crippen LogP contribution in [0.3, 0.4) is 0 Å². The average molecular weight is 549 g/mol. The van der Waals surface area contributed by atoms with Gasteiger partial charge in [-0.3, -0.25) is 19.4 Å². The highest BCUT2D eigenvalue weighted by atomic mass is 16.4. The first-order valence-electron chi connectivity index (χ1n) is 13.4. The van der Waals surface area contributed by atoms with Crippen LogP contribution in [0.4, 0.5) is 4.79 Å². The normalized spacial score (nSPS) is 19.5. The highest BCUT2D eigenvalue weighted by molar-refractivity contribution is 6.13. The number of nitrogens with one attached hydrogen (secondary N) is 2. The predicted molar refractivity (Wildman–Crippen MR) is 148 cm³/mol. The maximum absolute atomic E-state index is 14.0. The van der Waals surface area contributed by atoms with E-state index in [1.165, 1.54) is 18.9 Å². The van der Waals surface area contributed by atoms with Gasteiger partial charge < -0.3 is 20.6 Å².